The Hall–Kier alpha value is -2.26. The number of carbonyl (C=O) groups is 1. The molecule has 2 bridgehead atoms. The van der Waals surface area contributed by atoms with Crippen LogP contribution < -0.4 is 16.3 Å². The van der Waals surface area contributed by atoms with Crippen molar-refractivity contribution in [3.05, 3.63) is 22.6 Å². The van der Waals surface area contributed by atoms with Crippen molar-refractivity contribution in [1.82, 2.24) is 19.0 Å². The van der Waals surface area contributed by atoms with Crippen LogP contribution in [-0.4, -0.2) is 61.5 Å². The Kier molecular flexibility index (Phi) is 4.77. The number of hydrogen-bond acceptors (Lipinski definition) is 6. The average Bonchev–Trinajstić information content (AvgIpc) is 3.34. The summed E-state index contributed by atoms with van der Waals surface area (Å²) in [7, 11) is 1.77. The van der Waals surface area contributed by atoms with Gasteiger partial charge in [-0.1, -0.05) is 33.0 Å². The minimum absolute atomic E-state index is 0.00974. The number of aromatic nitrogens is 3. The zero-order chi connectivity index (χ0) is 21.1. The highest BCUT2D eigenvalue weighted by molar-refractivity contribution is 7.79. The fourth-order valence-electron chi connectivity index (χ4n) is 4.52. The Labute approximate surface area is 175 Å². The van der Waals surface area contributed by atoms with E-state index >= 15 is 0 Å². The molecule has 2 fully saturated rings. The number of pyridine rings is 1. The smallest absolute Gasteiger partial charge is 0.330 e. The van der Waals surface area contributed by atoms with Gasteiger partial charge in [-0.2, -0.15) is 0 Å². The standard InChI is InChI=1S/C20H28N6O2S/c1-20(2,3)11-26-15-5-6-16(22-17(15)23(4)19(26)28)24-8-13-7-12(24)9-25(13)18(27)14(21)10-29/h5-6,10,12-14H,7-9,11,21H2,1-4H3. The molecule has 2 N–H and O–H groups in total. The van der Waals surface area contributed by atoms with Gasteiger partial charge in [-0.3, -0.25) is 13.9 Å². The van der Waals surface area contributed by atoms with Crippen LogP contribution in [0.1, 0.15) is 27.2 Å². The number of aryl methyl sites for hydroxylation is 1. The van der Waals surface area contributed by atoms with Gasteiger partial charge in [-0.05, 0) is 24.0 Å². The molecule has 9 heteroatoms. The van der Waals surface area contributed by atoms with E-state index in [-0.39, 0.29) is 29.1 Å². The second-order valence-electron chi connectivity index (χ2n) is 9.35. The minimum atomic E-state index is -0.718. The molecule has 156 valence electrons. The Balaban J connectivity index is 1.61. The van der Waals surface area contributed by atoms with Gasteiger partial charge in [0.15, 0.2) is 5.65 Å². The first-order chi connectivity index (χ1) is 13.6. The molecule has 0 aliphatic carbocycles. The minimum Gasteiger partial charge on any atom is -0.350 e. The SMILES string of the molecule is Cn1c(=O)n(CC(C)(C)C)c2ccc(N3CC4CC3CN4C(=O)C(N)C=S)nc21. The lowest BCUT2D eigenvalue weighted by molar-refractivity contribution is -0.131. The molecule has 2 aliphatic rings. The van der Waals surface area contributed by atoms with Crippen LogP contribution in [0.5, 0.6) is 0 Å². The van der Waals surface area contributed by atoms with Crippen LogP contribution in [-0.2, 0) is 18.4 Å². The van der Waals surface area contributed by atoms with Gasteiger partial charge in [-0.25, -0.2) is 9.78 Å². The second kappa shape index (κ2) is 6.91. The number of imidazole rings is 1. The van der Waals surface area contributed by atoms with Crippen molar-refractivity contribution in [3.8, 4) is 0 Å². The van der Waals surface area contributed by atoms with Gasteiger partial charge < -0.3 is 15.5 Å². The van der Waals surface area contributed by atoms with Gasteiger partial charge in [0.25, 0.3) is 0 Å². The summed E-state index contributed by atoms with van der Waals surface area (Å²) < 4.78 is 3.42. The highest BCUT2D eigenvalue weighted by atomic mass is 32.1. The molecule has 2 aromatic rings. The molecule has 3 atom stereocenters. The molecule has 0 saturated carbocycles. The van der Waals surface area contributed by atoms with E-state index in [1.165, 1.54) is 5.37 Å². The summed E-state index contributed by atoms with van der Waals surface area (Å²) in [4.78, 5) is 34.1. The lowest BCUT2D eigenvalue weighted by Gasteiger charge is -2.35. The molecule has 0 radical (unpaired) electrons. The Morgan fingerprint density at radius 3 is 2.66 bits per heavy atom. The maximum atomic E-state index is 12.7. The van der Waals surface area contributed by atoms with Crippen LogP contribution in [0.3, 0.4) is 0 Å². The molecule has 8 nitrogen and oxygen atoms in total. The van der Waals surface area contributed by atoms with E-state index in [1.54, 1.807) is 16.2 Å². The van der Waals surface area contributed by atoms with Gasteiger partial charge in [0, 0.05) is 32.0 Å². The number of rotatable bonds is 4. The van der Waals surface area contributed by atoms with Crippen LogP contribution in [0.4, 0.5) is 5.82 Å². The monoisotopic (exact) mass is 416 g/mol. The van der Waals surface area contributed by atoms with E-state index in [2.05, 4.69) is 25.7 Å². The molecule has 4 heterocycles. The normalized spacial score (nSPS) is 22.5. The van der Waals surface area contributed by atoms with Crippen molar-refractivity contribution in [3.63, 3.8) is 0 Å². The molecule has 0 spiro atoms. The third-order valence-electron chi connectivity index (χ3n) is 5.85. The maximum Gasteiger partial charge on any atom is 0.330 e. The number of hydrogen-bond donors (Lipinski definition) is 1. The Bertz CT molecular complexity index is 1040. The molecule has 1 amide bonds. The van der Waals surface area contributed by atoms with Crippen molar-refractivity contribution < 1.29 is 4.79 Å². The first-order valence-corrected chi connectivity index (χ1v) is 10.4. The Morgan fingerprint density at radius 2 is 2.07 bits per heavy atom. The predicted molar refractivity (Wildman–Crippen MR) is 117 cm³/mol. The zero-order valence-electron chi connectivity index (χ0n) is 17.3. The highest BCUT2D eigenvalue weighted by Crippen LogP contribution is 2.34. The van der Waals surface area contributed by atoms with E-state index in [0.717, 1.165) is 24.3 Å². The highest BCUT2D eigenvalue weighted by Gasteiger charge is 2.46. The lowest BCUT2D eigenvalue weighted by atomic mass is 9.97. The average molecular weight is 417 g/mol. The van der Waals surface area contributed by atoms with E-state index in [4.69, 9.17) is 22.9 Å². The van der Waals surface area contributed by atoms with Crippen molar-refractivity contribution in [2.45, 2.75) is 51.9 Å². The number of likely N-dealkylation sites (tertiary alicyclic amines) is 1. The summed E-state index contributed by atoms with van der Waals surface area (Å²) in [6, 6.07) is 3.59. The predicted octanol–water partition coefficient (Wildman–Crippen LogP) is 0.898. The number of carbonyl (C=O) groups excluding carboxylic acids is 1. The summed E-state index contributed by atoms with van der Waals surface area (Å²) >= 11 is 4.83. The topological polar surface area (TPSA) is 89.4 Å². The zero-order valence-corrected chi connectivity index (χ0v) is 18.1. The molecular weight excluding hydrogens is 388 g/mol. The lowest BCUT2D eigenvalue weighted by Crippen LogP contribution is -2.53. The molecule has 0 aromatic carbocycles. The van der Waals surface area contributed by atoms with Crippen molar-refractivity contribution >= 4 is 40.5 Å². The van der Waals surface area contributed by atoms with Gasteiger partial charge in [0.2, 0.25) is 5.91 Å². The second-order valence-corrected chi connectivity index (χ2v) is 9.62. The molecule has 2 saturated heterocycles. The quantitative estimate of drug-likeness (QED) is 0.745. The number of piperazine rings is 1. The molecule has 2 aliphatic heterocycles. The molecule has 2 aromatic heterocycles. The number of thiocarbonyl (C=S) groups is 1. The van der Waals surface area contributed by atoms with E-state index in [9.17, 15) is 9.59 Å². The molecule has 29 heavy (non-hydrogen) atoms. The summed E-state index contributed by atoms with van der Waals surface area (Å²) in [6.07, 6.45) is 0.902. The molecule has 4 rings (SSSR count). The van der Waals surface area contributed by atoms with E-state index < -0.39 is 6.04 Å². The van der Waals surface area contributed by atoms with Gasteiger partial charge in [0.05, 0.1) is 17.6 Å². The van der Waals surface area contributed by atoms with Gasteiger partial charge >= 0.3 is 5.69 Å². The number of fused-ring (bicyclic) bond motifs is 3. The van der Waals surface area contributed by atoms with Crippen LogP contribution in [0, 0.1) is 5.41 Å². The van der Waals surface area contributed by atoms with Crippen LogP contribution in [0.25, 0.3) is 11.2 Å². The number of anilines is 1. The summed E-state index contributed by atoms with van der Waals surface area (Å²) in [5.74, 6) is 0.747. The van der Waals surface area contributed by atoms with E-state index in [1.807, 2.05) is 17.0 Å². The van der Waals surface area contributed by atoms with E-state index in [0.29, 0.717) is 18.7 Å². The van der Waals surface area contributed by atoms with Gasteiger partial charge in [0.1, 0.15) is 11.9 Å². The van der Waals surface area contributed by atoms with Crippen molar-refractivity contribution in [2.75, 3.05) is 18.0 Å². The fraction of sp³-hybridized carbons (Fsp3) is 0.600. The summed E-state index contributed by atoms with van der Waals surface area (Å²) in [6.45, 7) is 8.33. The summed E-state index contributed by atoms with van der Waals surface area (Å²) in [5.41, 5.74) is 7.28. The van der Waals surface area contributed by atoms with Gasteiger partial charge in [-0.15, -0.1) is 0 Å². The molecular formula is C20H28N6O2S. The Morgan fingerprint density at radius 1 is 1.34 bits per heavy atom. The van der Waals surface area contributed by atoms with Crippen LogP contribution >= 0.6 is 12.2 Å². The van der Waals surface area contributed by atoms with Crippen molar-refractivity contribution in [2.24, 2.45) is 18.2 Å². The van der Waals surface area contributed by atoms with Crippen molar-refractivity contribution in [1.29, 1.82) is 0 Å². The molecule has 3 unspecified atom stereocenters. The number of nitrogens with zero attached hydrogens (tertiary/aromatic N) is 5. The number of nitrogens with two attached hydrogens (primary N) is 1. The van der Waals surface area contributed by atoms with Crippen LogP contribution in [0.15, 0.2) is 16.9 Å². The third-order valence-corrected chi connectivity index (χ3v) is 6.14. The first-order valence-electron chi connectivity index (χ1n) is 9.95. The third kappa shape index (κ3) is 3.36. The first kappa shape index (κ1) is 20.0. The maximum absolute atomic E-state index is 12.7. The summed E-state index contributed by atoms with van der Waals surface area (Å²) in [5, 5.41) is 1.32. The van der Waals surface area contributed by atoms with Crippen LogP contribution in [0.2, 0.25) is 0 Å². The largest absolute Gasteiger partial charge is 0.350 e. The number of amides is 1. The fourth-order valence-corrected chi connectivity index (χ4v) is 4.63.